The van der Waals surface area contributed by atoms with Crippen molar-refractivity contribution in [2.45, 2.75) is 44.6 Å². The number of imide groups is 1. The molecular weight excluding hydrogens is 418 g/mol. The number of piperidine rings is 2. The monoisotopic (exact) mass is 449 g/mol. The number of amides is 3. The number of hydrogen-bond acceptors (Lipinski definition) is 6. The van der Waals surface area contributed by atoms with Gasteiger partial charge in [0.25, 0.3) is 0 Å². The van der Waals surface area contributed by atoms with Gasteiger partial charge in [0.05, 0.1) is 34.9 Å². The maximum absolute atomic E-state index is 12.4. The Hall–Kier alpha value is -2.96. The molecule has 0 bridgehead atoms. The van der Waals surface area contributed by atoms with Gasteiger partial charge in [0.2, 0.25) is 5.91 Å². The number of anilines is 1. The van der Waals surface area contributed by atoms with Gasteiger partial charge in [-0.05, 0) is 63.9 Å². The maximum Gasteiger partial charge on any atom is 0.328 e. The van der Waals surface area contributed by atoms with Gasteiger partial charge in [-0.1, -0.05) is 6.07 Å². The Bertz CT molecular complexity index is 1070. The third-order valence-electron chi connectivity index (χ3n) is 7.57. The highest BCUT2D eigenvalue weighted by molar-refractivity contribution is 6.09. The molecular formula is C24H31N7O2. The van der Waals surface area contributed by atoms with Crippen molar-refractivity contribution in [1.29, 1.82) is 5.26 Å². The number of carbonyl (C=O) groups excluding carboxylic acids is 2. The van der Waals surface area contributed by atoms with Crippen molar-refractivity contribution in [3.63, 3.8) is 0 Å². The molecule has 3 saturated heterocycles. The minimum absolute atomic E-state index is 0.165. The molecule has 3 aliphatic rings. The molecule has 3 fully saturated rings. The summed E-state index contributed by atoms with van der Waals surface area (Å²) in [7, 11) is 0. The number of nitrogens with zero attached hydrogens (tertiary/aromatic N) is 5. The van der Waals surface area contributed by atoms with Crippen LogP contribution in [0.3, 0.4) is 0 Å². The van der Waals surface area contributed by atoms with E-state index in [9.17, 15) is 14.9 Å². The van der Waals surface area contributed by atoms with E-state index < -0.39 is 0 Å². The summed E-state index contributed by atoms with van der Waals surface area (Å²) in [5.74, 6) is -0.230. The minimum Gasteiger partial charge on any atom is -0.317 e. The molecule has 9 nitrogen and oxygen atoms in total. The van der Waals surface area contributed by atoms with Gasteiger partial charge in [-0.25, -0.2) is 4.79 Å². The highest BCUT2D eigenvalue weighted by atomic mass is 16.2. The summed E-state index contributed by atoms with van der Waals surface area (Å²) >= 11 is 0. The van der Waals surface area contributed by atoms with Crippen LogP contribution in [0.4, 0.5) is 10.5 Å². The largest absolute Gasteiger partial charge is 0.328 e. The van der Waals surface area contributed by atoms with E-state index in [4.69, 9.17) is 5.10 Å². The Morgan fingerprint density at radius 2 is 1.94 bits per heavy atom. The lowest BCUT2D eigenvalue weighted by molar-refractivity contribution is -0.120. The van der Waals surface area contributed by atoms with Crippen LogP contribution < -0.4 is 15.5 Å². The lowest BCUT2D eigenvalue weighted by Crippen LogP contribution is -2.49. The van der Waals surface area contributed by atoms with Gasteiger partial charge in [-0.2, -0.15) is 10.4 Å². The first kappa shape index (κ1) is 21.9. The number of nitrogens with one attached hydrogen (secondary N) is 2. The first-order chi connectivity index (χ1) is 16.1. The van der Waals surface area contributed by atoms with Gasteiger partial charge in [0, 0.05) is 31.4 Å². The zero-order chi connectivity index (χ0) is 22.8. The molecule has 0 radical (unpaired) electrons. The van der Waals surface area contributed by atoms with Crippen LogP contribution in [0.5, 0.6) is 0 Å². The SMILES string of the molecule is N#CC1(CCN2CCC(n3ncc4c(N5CCC(=O)NC5=O)cccc43)CC2)CCNCC1. The van der Waals surface area contributed by atoms with Crippen molar-refractivity contribution in [1.82, 2.24) is 25.3 Å². The van der Waals surface area contributed by atoms with E-state index >= 15 is 0 Å². The number of nitriles is 1. The molecule has 0 saturated carbocycles. The van der Waals surface area contributed by atoms with Crippen LogP contribution in [0.25, 0.3) is 10.9 Å². The van der Waals surface area contributed by atoms with Crippen molar-refractivity contribution in [2.24, 2.45) is 5.41 Å². The fourth-order valence-corrected chi connectivity index (χ4v) is 5.46. The second kappa shape index (κ2) is 9.12. The number of likely N-dealkylation sites (tertiary alicyclic amines) is 1. The van der Waals surface area contributed by atoms with E-state index in [0.717, 1.165) is 81.4 Å². The minimum atomic E-state index is -0.372. The van der Waals surface area contributed by atoms with Crippen LogP contribution in [-0.2, 0) is 4.79 Å². The maximum atomic E-state index is 12.4. The predicted molar refractivity (Wildman–Crippen MR) is 125 cm³/mol. The normalized spacial score (nSPS) is 22.3. The van der Waals surface area contributed by atoms with E-state index in [-0.39, 0.29) is 17.4 Å². The fourth-order valence-electron chi connectivity index (χ4n) is 5.46. The molecule has 1 aromatic heterocycles. The molecule has 5 rings (SSSR count). The molecule has 4 heterocycles. The van der Waals surface area contributed by atoms with E-state index in [2.05, 4.69) is 32.4 Å². The number of rotatable bonds is 5. The van der Waals surface area contributed by atoms with Gasteiger partial charge in [-0.3, -0.25) is 19.7 Å². The molecule has 0 aliphatic carbocycles. The Morgan fingerprint density at radius 3 is 2.67 bits per heavy atom. The third kappa shape index (κ3) is 4.33. The Morgan fingerprint density at radius 1 is 1.15 bits per heavy atom. The molecule has 0 spiro atoms. The summed E-state index contributed by atoms with van der Waals surface area (Å²) in [4.78, 5) is 28.0. The van der Waals surface area contributed by atoms with E-state index in [1.807, 2.05) is 18.3 Å². The molecule has 2 aromatic rings. The van der Waals surface area contributed by atoms with Crippen molar-refractivity contribution in [3.8, 4) is 6.07 Å². The van der Waals surface area contributed by atoms with E-state index in [1.54, 1.807) is 4.90 Å². The number of fused-ring (bicyclic) bond motifs is 1. The molecule has 174 valence electrons. The van der Waals surface area contributed by atoms with E-state index in [0.29, 0.717) is 19.0 Å². The number of hydrogen-bond donors (Lipinski definition) is 2. The average molecular weight is 450 g/mol. The second-order valence-corrected chi connectivity index (χ2v) is 9.52. The molecule has 2 N–H and O–H groups in total. The smallest absolute Gasteiger partial charge is 0.317 e. The van der Waals surface area contributed by atoms with Crippen molar-refractivity contribution in [2.75, 3.05) is 44.2 Å². The molecule has 9 heteroatoms. The summed E-state index contributed by atoms with van der Waals surface area (Å²) < 4.78 is 2.10. The van der Waals surface area contributed by atoms with Gasteiger partial charge in [0.15, 0.2) is 0 Å². The number of aromatic nitrogens is 2. The highest BCUT2D eigenvalue weighted by Crippen LogP contribution is 2.34. The predicted octanol–water partition coefficient (Wildman–Crippen LogP) is 2.40. The Labute approximate surface area is 193 Å². The fraction of sp³-hybridized carbons (Fsp3) is 0.583. The van der Waals surface area contributed by atoms with Crippen LogP contribution in [0.15, 0.2) is 24.4 Å². The van der Waals surface area contributed by atoms with Gasteiger partial charge in [-0.15, -0.1) is 0 Å². The lowest BCUT2D eigenvalue weighted by atomic mass is 9.77. The Balaban J connectivity index is 1.24. The van der Waals surface area contributed by atoms with Crippen molar-refractivity contribution >= 4 is 28.5 Å². The first-order valence-electron chi connectivity index (χ1n) is 12.0. The van der Waals surface area contributed by atoms with Crippen molar-refractivity contribution in [3.05, 3.63) is 24.4 Å². The van der Waals surface area contributed by atoms with Gasteiger partial charge in [0.1, 0.15) is 0 Å². The topological polar surface area (TPSA) is 106 Å². The molecule has 0 unspecified atom stereocenters. The number of carbonyl (C=O) groups is 2. The molecule has 3 amide bonds. The standard InChI is InChI=1S/C24H31N7O2/c25-17-24(7-10-26-11-8-24)9-15-29-12-4-18(5-13-29)31-21-3-1-2-20(19(21)16-27-31)30-14-6-22(32)28-23(30)33/h1-3,16,18,26H,4-15H2,(H,28,32,33). The summed E-state index contributed by atoms with van der Waals surface area (Å²) in [6.07, 6.45) is 7.02. The van der Waals surface area contributed by atoms with Gasteiger partial charge >= 0.3 is 6.03 Å². The van der Waals surface area contributed by atoms with Crippen LogP contribution >= 0.6 is 0 Å². The quantitative estimate of drug-likeness (QED) is 0.726. The van der Waals surface area contributed by atoms with Crippen molar-refractivity contribution < 1.29 is 9.59 Å². The zero-order valence-corrected chi connectivity index (χ0v) is 18.9. The van der Waals surface area contributed by atoms with Crippen LogP contribution in [0.1, 0.15) is 44.6 Å². The molecule has 0 atom stereocenters. The zero-order valence-electron chi connectivity index (χ0n) is 18.9. The lowest BCUT2D eigenvalue weighted by Gasteiger charge is -2.36. The van der Waals surface area contributed by atoms with E-state index in [1.165, 1.54) is 0 Å². The summed E-state index contributed by atoms with van der Waals surface area (Å²) in [5, 5.41) is 21.1. The second-order valence-electron chi connectivity index (χ2n) is 9.52. The molecule has 33 heavy (non-hydrogen) atoms. The van der Waals surface area contributed by atoms with Gasteiger partial charge < -0.3 is 10.2 Å². The summed E-state index contributed by atoms with van der Waals surface area (Å²) in [6.45, 7) is 5.25. The number of urea groups is 1. The van der Waals surface area contributed by atoms with Crippen LogP contribution in [0, 0.1) is 16.7 Å². The summed E-state index contributed by atoms with van der Waals surface area (Å²) in [6, 6.07) is 8.48. The Kier molecular flexibility index (Phi) is 6.04. The first-order valence-corrected chi connectivity index (χ1v) is 12.0. The van der Waals surface area contributed by atoms with Crippen LogP contribution in [-0.4, -0.2) is 65.9 Å². The summed E-state index contributed by atoms with van der Waals surface area (Å²) in [5.41, 5.74) is 1.65. The molecule has 3 aliphatic heterocycles. The third-order valence-corrected chi connectivity index (χ3v) is 7.57. The molecule has 1 aromatic carbocycles. The highest BCUT2D eigenvalue weighted by Gasteiger charge is 2.33. The average Bonchev–Trinajstić information content (AvgIpc) is 3.28. The number of benzene rings is 1. The van der Waals surface area contributed by atoms with Crippen LogP contribution in [0.2, 0.25) is 0 Å².